The predicted molar refractivity (Wildman–Crippen MR) is 70.4 cm³/mol. The number of benzene rings is 1. The highest BCUT2D eigenvalue weighted by Crippen LogP contribution is 2.33. The molecule has 0 radical (unpaired) electrons. The number of rotatable bonds is 3. The first-order chi connectivity index (χ1) is 8.93. The first kappa shape index (κ1) is 13.9. The average Bonchev–Trinajstić information content (AvgIpc) is 2.77. The van der Waals surface area contributed by atoms with Crippen molar-refractivity contribution < 1.29 is 13.2 Å². The van der Waals surface area contributed by atoms with Crippen molar-refractivity contribution in [3.05, 3.63) is 40.6 Å². The molecule has 7 heteroatoms. The fraction of sp³-hybridized carbons (Fsp3) is 0.250. The fourth-order valence-corrected chi connectivity index (χ4v) is 2.10. The molecule has 102 valence electrons. The Morgan fingerprint density at radius 1 is 1.37 bits per heavy atom. The number of nitrogens with one attached hydrogen (secondary N) is 1. The minimum absolute atomic E-state index is 0.392. The van der Waals surface area contributed by atoms with Crippen molar-refractivity contribution in [3.63, 3.8) is 0 Å². The van der Waals surface area contributed by atoms with Crippen LogP contribution in [0.3, 0.4) is 0 Å². The summed E-state index contributed by atoms with van der Waals surface area (Å²) in [5.74, 6) is 0.502. The SMILES string of the molecule is CCNc1nccn1-c1cc(C(F)(F)F)ccc1Br. The van der Waals surface area contributed by atoms with Crippen LogP contribution in [0.2, 0.25) is 0 Å². The summed E-state index contributed by atoms with van der Waals surface area (Å²) in [5.41, 5.74) is -0.301. The largest absolute Gasteiger partial charge is 0.416 e. The topological polar surface area (TPSA) is 29.9 Å². The molecule has 3 nitrogen and oxygen atoms in total. The molecule has 2 rings (SSSR count). The molecule has 2 aromatic rings. The van der Waals surface area contributed by atoms with Gasteiger partial charge in [-0.2, -0.15) is 13.2 Å². The highest BCUT2D eigenvalue weighted by molar-refractivity contribution is 9.10. The smallest absolute Gasteiger partial charge is 0.356 e. The summed E-state index contributed by atoms with van der Waals surface area (Å²) < 4.78 is 40.3. The number of alkyl halides is 3. The normalized spacial score (nSPS) is 11.6. The first-order valence-corrected chi connectivity index (χ1v) is 6.37. The highest BCUT2D eigenvalue weighted by Gasteiger charge is 2.31. The molecule has 0 aliphatic heterocycles. The van der Waals surface area contributed by atoms with Crippen molar-refractivity contribution in [1.82, 2.24) is 9.55 Å². The zero-order valence-corrected chi connectivity index (χ0v) is 11.6. The lowest BCUT2D eigenvalue weighted by molar-refractivity contribution is -0.137. The third kappa shape index (κ3) is 2.91. The van der Waals surface area contributed by atoms with E-state index in [1.165, 1.54) is 12.3 Å². The van der Waals surface area contributed by atoms with Crippen LogP contribution in [0.15, 0.2) is 35.1 Å². The number of aromatic nitrogens is 2. The molecule has 1 aromatic carbocycles. The number of anilines is 1. The first-order valence-electron chi connectivity index (χ1n) is 5.58. The van der Waals surface area contributed by atoms with Gasteiger partial charge in [-0.05, 0) is 41.1 Å². The summed E-state index contributed by atoms with van der Waals surface area (Å²) >= 11 is 3.26. The second-order valence-corrected chi connectivity index (χ2v) is 4.67. The molecular weight excluding hydrogens is 323 g/mol. The van der Waals surface area contributed by atoms with E-state index < -0.39 is 11.7 Å². The van der Waals surface area contributed by atoms with Gasteiger partial charge in [0.05, 0.1) is 11.3 Å². The van der Waals surface area contributed by atoms with E-state index in [0.29, 0.717) is 22.7 Å². The van der Waals surface area contributed by atoms with Gasteiger partial charge >= 0.3 is 6.18 Å². The molecule has 1 heterocycles. The van der Waals surface area contributed by atoms with Crippen LogP contribution in [0.25, 0.3) is 5.69 Å². The van der Waals surface area contributed by atoms with E-state index >= 15 is 0 Å². The maximum absolute atomic E-state index is 12.7. The minimum Gasteiger partial charge on any atom is -0.356 e. The van der Waals surface area contributed by atoms with E-state index in [0.717, 1.165) is 12.1 Å². The fourth-order valence-electron chi connectivity index (χ4n) is 1.66. The molecule has 0 saturated carbocycles. The van der Waals surface area contributed by atoms with Gasteiger partial charge in [-0.1, -0.05) is 0 Å². The molecule has 0 unspecified atom stereocenters. The summed E-state index contributed by atoms with van der Waals surface area (Å²) in [5, 5.41) is 2.99. The van der Waals surface area contributed by atoms with Gasteiger partial charge in [-0.15, -0.1) is 0 Å². The van der Waals surface area contributed by atoms with Crippen molar-refractivity contribution in [2.75, 3.05) is 11.9 Å². The van der Waals surface area contributed by atoms with Crippen LogP contribution in [-0.4, -0.2) is 16.1 Å². The van der Waals surface area contributed by atoms with Crippen LogP contribution in [0.5, 0.6) is 0 Å². The Balaban J connectivity index is 2.52. The van der Waals surface area contributed by atoms with E-state index in [1.54, 1.807) is 10.8 Å². The summed E-state index contributed by atoms with van der Waals surface area (Å²) in [7, 11) is 0. The van der Waals surface area contributed by atoms with Gasteiger partial charge in [-0.3, -0.25) is 4.57 Å². The van der Waals surface area contributed by atoms with Crippen LogP contribution >= 0.6 is 15.9 Å². The molecule has 0 bridgehead atoms. The molecule has 1 aromatic heterocycles. The Bertz CT molecular complexity index is 578. The lowest BCUT2D eigenvalue weighted by Crippen LogP contribution is -2.09. The van der Waals surface area contributed by atoms with Gasteiger partial charge in [-0.25, -0.2) is 4.98 Å². The Hall–Kier alpha value is -1.50. The van der Waals surface area contributed by atoms with Crippen LogP contribution in [0.4, 0.5) is 19.1 Å². The molecule has 0 aliphatic carbocycles. The molecule has 0 aliphatic rings. The van der Waals surface area contributed by atoms with Crippen LogP contribution in [-0.2, 0) is 6.18 Å². The summed E-state index contributed by atoms with van der Waals surface area (Å²) in [6.45, 7) is 2.52. The molecule has 0 amide bonds. The van der Waals surface area contributed by atoms with E-state index in [2.05, 4.69) is 26.2 Å². The number of hydrogen-bond donors (Lipinski definition) is 1. The van der Waals surface area contributed by atoms with Gasteiger partial charge < -0.3 is 5.32 Å². The van der Waals surface area contributed by atoms with E-state index in [1.807, 2.05) is 6.92 Å². The number of halogens is 4. The van der Waals surface area contributed by atoms with Gasteiger partial charge in [0.2, 0.25) is 5.95 Å². The van der Waals surface area contributed by atoms with Crippen LogP contribution < -0.4 is 5.32 Å². The number of nitrogens with zero attached hydrogens (tertiary/aromatic N) is 2. The lowest BCUT2D eigenvalue weighted by Gasteiger charge is -2.13. The second-order valence-electron chi connectivity index (χ2n) is 3.82. The summed E-state index contributed by atoms with van der Waals surface area (Å²) in [6.07, 6.45) is -1.22. The molecule has 0 atom stereocenters. The van der Waals surface area contributed by atoms with Crippen LogP contribution in [0.1, 0.15) is 12.5 Å². The van der Waals surface area contributed by atoms with Gasteiger partial charge in [0.25, 0.3) is 0 Å². The van der Waals surface area contributed by atoms with Gasteiger partial charge in [0.1, 0.15) is 0 Å². The summed E-state index contributed by atoms with van der Waals surface area (Å²) in [6, 6.07) is 3.51. The highest BCUT2D eigenvalue weighted by atomic mass is 79.9. The lowest BCUT2D eigenvalue weighted by atomic mass is 10.2. The van der Waals surface area contributed by atoms with Gasteiger partial charge in [0.15, 0.2) is 0 Å². The average molecular weight is 334 g/mol. The molecule has 0 fully saturated rings. The Morgan fingerprint density at radius 2 is 2.11 bits per heavy atom. The molecule has 19 heavy (non-hydrogen) atoms. The third-order valence-electron chi connectivity index (χ3n) is 2.51. The Kier molecular flexibility index (Phi) is 3.84. The maximum Gasteiger partial charge on any atom is 0.416 e. The van der Waals surface area contributed by atoms with E-state index in [4.69, 9.17) is 0 Å². The summed E-state index contributed by atoms with van der Waals surface area (Å²) in [4.78, 5) is 4.07. The monoisotopic (exact) mass is 333 g/mol. The molecule has 0 spiro atoms. The molecule has 0 saturated heterocycles. The van der Waals surface area contributed by atoms with E-state index in [-0.39, 0.29) is 0 Å². The number of hydrogen-bond acceptors (Lipinski definition) is 2. The second kappa shape index (κ2) is 5.24. The zero-order chi connectivity index (χ0) is 14.0. The predicted octanol–water partition coefficient (Wildman–Crippen LogP) is 4.09. The van der Waals surface area contributed by atoms with Crippen molar-refractivity contribution in [2.45, 2.75) is 13.1 Å². The Labute approximate surface area is 116 Å². The van der Waals surface area contributed by atoms with Gasteiger partial charge in [0, 0.05) is 23.4 Å². The van der Waals surface area contributed by atoms with Crippen molar-refractivity contribution >= 4 is 21.9 Å². The van der Waals surface area contributed by atoms with Crippen LogP contribution in [0, 0.1) is 0 Å². The van der Waals surface area contributed by atoms with Crippen molar-refractivity contribution in [2.24, 2.45) is 0 Å². The number of imidazole rings is 1. The van der Waals surface area contributed by atoms with Crippen molar-refractivity contribution in [1.29, 1.82) is 0 Å². The van der Waals surface area contributed by atoms with Crippen molar-refractivity contribution in [3.8, 4) is 5.69 Å². The van der Waals surface area contributed by atoms with E-state index in [9.17, 15) is 13.2 Å². The third-order valence-corrected chi connectivity index (χ3v) is 3.18. The molecule has 1 N–H and O–H groups in total. The zero-order valence-electron chi connectivity index (χ0n) is 10.0. The maximum atomic E-state index is 12.7. The standard InChI is InChI=1S/C12H11BrF3N3/c1-2-17-11-18-5-6-19(11)10-7-8(12(14,15)16)3-4-9(10)13/h3-7H,2H2,1H3,(H,17,18). The molecular formula is C12H11BrF3N3. The Morgan fingerprint density at radius 3 is 2.74 bits per heavy atom. The minimum atomic E-state index is -4.37. The quantitative estimate of drug-likeness (QED) is 0.916.